The van der Waals surface area contributed by atoms with Gasteiger partial charge in [-0.3, -0.25) is 14.7 Å². The number of piperidine rings is 1. The Morgan fingerprint density at radius 1 is 0.909 bits per heavy atom. The third-order valence-electron chi connectivity index (χ3n) is 8.19. The van der Waals surface area contributed by atoms with Gasteiger partial charge in [0.15, 0.2) is 0 Å². The Labute approximate surface area is 196 Å². The largest absolute Gasteiger partial charge is 0.333 e. The normalized spacial score (nSPS) is 25.1. The van der Waals surface area contributed by atoms with E-state index in [-0.39, 0.29) is 5.91 Å². The minimum absolute atomic E-state index is 0.269. The fourth-order valence-electron chi connectivity index (χ4n) is 6.64. The molecule has 0 radical (unpaired) electrons. The van der Waals surface area contributed by atoms with Crippen molar-refractivity contribution in [3.05, 3.63) is 77.6 Å². The van der Waals surface area contributed by atoms with Crippen molar-refractivity contribution < 1.29 is 4.79 Å². The highest BCUT2D eigenvalue weighted by molar-refractivity contribution is 5.96. The summed E-state index contributed by atoms with van der Waals surface area (Å²) in [7, 11) is 0. The summed E-state index contributed by atoms with van der Waals surface area (Å²) >= 11 is 0. The van der Waals surface area contributed by atoms with Gasteiger partial charge in [0, 0.05) is 42.0 Å². The summed E-state index contributed by atoms with van der Waals surface area (Å²) in [5, 5.41) is 2.55. The number of rotatable bonds is 5. The zero-order valence-electron chi connectivity index (χ0n) is 19.3. The molecule has 33 heavy (non-hydrogen) atoms. The van der Waals surface area contributed by atoms with E-state index in [0.29, 0.717) is 18.0 Å². The molecule has 170 valence electrons. The summed E-state index contributed by atoms with van der Waals surface area (Å²) in [5.41, 5.74) is 3.54. The molecule has 0 spiro atoms. The maximum absolute atomic E-state index is 13.8. The highest BCUT2D eigenvalue weighted by Gasteiger charge is 2.43. The Hall–Kier alpha value is -2.72. The smallest absolute Gasteiger partial charge is 0.254 e. The van der Waals surface area contributed by atoms with Gasteiger partial charge < -0.3 is 4.90 Å². The molecule has 1 amide bonds. The second-order valence-electron chi connectivity index (χ2n) is 10.3. The molecule has 3 aromatic rings. The van der Waals surface area contributed by atoms with Crippen LogP contribution in [0.4, 0.5) is 0 Å². The first-order valence-corrected chi connectivity index (χ1v) is 12.7. The number of aromatic nitrogens is 1. The van der Waals surface area contributed by atoms with E-state index in [2.05, 4.69) is 57.2 Å². The summed E-state index contributed by atoms with van der Waals surface area (Å²) in [6.07, 6.45) is 12.1. The number of nitrogens with zero attached hydrogens (tertiary/aromatic N) is 3. The minimum Gasteiger partial charge on any atom is -0.333 e. The van der Waals surface area contributed by atoms with Crippen LogP contribution in [0, 0.1) is 5.92 Å². The average molecular weight is 440 g/mol. The molecular weight excluding hydrogens is 406 g/mol. The molecule has 0 saturated carbocycles. The summed E-state index contributed by atoms with van der Waals surface area (Å²) in [6.45, 7) is 3.22. The van der Waals surface area contributed by atoms with Gasteiger partial charge in [0.25, 0.3) is 5.91 Å². The first-order valence-electron chi connectivity index (χ1n) is 12.7. The lowest BCUT2D eigenvalue weighted by Gasteiger charge is -2.39. The molecule has 1 aromatic heterocycles. The first-order chi connectivity index (χ1) is 16.3. The van der Waals surface area contributed by atoms with Crippen molar-refractivity contribution in [2.45, 2.75) is 63.6 Å². The fourth-order valence-corrected chi connectivity index (χ4v) is 6.64. The molecule has 0 aliphatic carbocycles. The van der Waals surface area contributed by atoms with Crippen molar-refractivity contribution >= 4 is 16.7 Å². The maximum Gasteiger partial charge on any atom is 0.254 e. The van der Waals surface area contributed by atoms with Gasteiger partial charge in [-0.2, -0.15) is 0 Å². The zero-order valence-corrected chi connectivity index (χ0v) is 19.3. The van der Waals surface area contributed by atoms with Gasteiger partial charge in [-0.1, -0.05) is 36.4 Å². The highest BCUT2D eigenvalue weighted by atomic mass is 16.2. The lowest BCUT2D eigenvalue weighted by molar-refractivity contribution is 0.0523. The van der Waals surface area contributed by atoms with Crippen LogP contribution in [0.25, 0.3) is 10.8 Å². The number of hydrogen-bond donors (Lipinski definition) is 0. The molecule has 3 aliphatic heterocycles. The van der Waals surface area contributed by atoms with E-state index in [4.69, 9.17) is 0 Å². The Bertz CT molecular complexity index is 1130. The van der Waals surface area contributed by atoms with Gasteiger partial charge in [-0.25, -0.2) is 0 Å². The van der Waals surface area contributed by atoms with Gasteiger partial charge in [-0.05, 0) is 92.6 Å². The van der Waals surface area contributed by atoms with Crippen LogP contribution in [-0.2, 0) is 13.0 Å². The third kappa shape index (κ3) is 4.06. The molecule has 3 fully saturated rings. The monoisotopic (exact) mass is 439 g/mol. The van der Waals surface area contributed by atoms with Crippen LogP contribution in [-0.4, -0.2) is 45.9 Å². The molecule has 3 aliphatic rings. The summed E-state index contributed by atoms with van der Waals surface area (Å²) in [4.78, 5) is 22.9. The number of fused-ring (bicyclic) bond motifs is 3. The van der Waals surface area contributed by atoms with Gasteiger partial charge in [-0.15, -0.1) is 0 Å². The van der Waals surface area contributed by atoms with Crippen LogP contribution < -0.4 is 0 Å². The molecule has 6 rings (SSSR count). The number of pyridine rings is 1. The number of likely N-dealkylation sites (tertiary alicyclic amines) is 1. The molecule has 2 atom stereocenters. The van der Waals surface area contributed by atoms with Crippen molar-refractivity contribution in [3.8, 4) is 0 Å². The molecule has 4 heteroatoms. The van der Waals surface area contributed by atoms with Crippen LogP contribution in [0.5, 0.6) is 0 Å². The predicted molar refractivity (Wildman–Crippen MR) is 132 cm³/mol. The summed E-state index contributed by atoms with van der Waals surface area (Å²) in [5.74, 6) is 0.905. The van der Waals surface area contributed by atoms with Crippen LogP contribution in [0.1, 0.15) is 60.0 Å². The Morgan fingerprint density at radius 2 is 1.67 bits per heavy atom. The Morgan fingerprint density at radius 3 is 2.48 bits per heavy atom. The molecule has 4 heterocycles. The number of benzene rings is 2. The van der Waals surface area contributed by atoms with E-state index < -0.39 is 0 Å². The van der Waals surface area contributed by atoms with E-state index in [1.807, 2.05) is 18.5 Å². The molecule has 2 unspecified atom stereocenters. The van der Waals surface area contributed by atoms with Crippen molar-refractivity contribution in [2.75, 3.05) is 13.1 Å². The first kappa shape index (κ1) is 20.9. The third-order valence-corrected chi connectivity index (χ3v) is 8.19. The Kier molecular flexibility index (Phi) is 5.63. The van der Waals surface area contributed by atoms with Gasteiger partial charge in [0.1, 0.15) is 0 Å². The maximum atomic E-state index is 13.8. The van der Waals surface area contributed by atoms with Gasteiger partial charge in [0.05, 0.1) is 0 Å². The van der Waals surface area contributed by atoms with E-state index in [9.17, 15) is 4.79 Å². The number of hydrogen-bond acceptors (Lipinski definition) is 3. The van der Waals surface area contributed by atoms with Crippen LogP contribution >= 0.6 is 0 Å². The molecule has 0 N–H and O–H groups in total. The van der Waals surface area contributed by atoms with E-state index in [0.717, 1.165) is 57.3 Å². The lowest BCUT2D eigenvalue weighted by Crippen LogP contribution is -2.47. The van der Waals surface area contributed by atoms with E-state index >= 15 is 0 Å². The summed E-state index contributed by atoms with van der Waals surface area (Å²) in [6, 6.07) is 17.8. The molecule has 3 saturated heterocycles. The number of carbonyl (C=O) groups is 1. The quantitative estimate of drug-likeness (QED) is 0.530. The average Bonchev–Trinajstić information content (AvgIpc) is 3.45. The van der Waals surface area contributed by atoms with Crippen molar-refractivity contribution in [3.63, 3.8) is 0 Å². The Balaban J connectivity index is 1.19. The summed E-state index contributed by atoms with van der Waals surface area (Å²) < 4.78 is 0. The molecular formula is C29H33N3O. The molecule has 2 bridgehead atoms. The molecule has 4 nitrogen and oxygen atoms in total. The predicted octanol–water partition coefficient (Wildman–Crippen LogP) is 5.46. The van der Waals surface area contributed by atoms with Crippen LogP contribution in [0.15, 0.2) is 60.9 Å². The standard InChI is InChI=1S/C29H33N3O/c33-29(27-9-2-1-6-24(27)20-31-14-3-4-15-31)32-25-10-11-26(32)18-21(17-25)16-23-8-5-7-22-12-13-30-19-28(22)23/h1-2,5-9,12-13,19,21,25-26H,3-4,10-11,14-18,20H2. The van der Waals surface area contributed by atoms with E-state index in [1.165, 1.54) is 34.7 Å². The van der Waals surface area contributed by atoms with Crippen molar-refractivity contribution in [1.29, 1.82) is 0 Å². The van der Waals surface area contributed by atoms with E-state index in [1.54, 1.807) is 0 Å². The minimum atomic E-state index is 0.269. The highest BCUT2D eigenvalue weighted by Crippen LogP contribution is 2.41. The van der Waals surface area contributed by atoms with Crippen molar-refractivity contribution in [2.24, 2.45) is 5.92 Å². The van der Waals surface area contributed by atoms with Crippen LogP contribution in [0.2, 0.25) is 0 Å². The molecule has 2 aromatic carbocycles. The zero-order chi connectivity index (χ0) is 22.2. The SMILES string of the molecule is O=C(c1ccccc1CN1CCCC1)N1C2CCC1CC(Cc1cccc3ccncc13)C2. The van der Waals surface area contributed by atoms with Gasteiger partial charge in [0.2, 0.25) is 0 Å². The van der Waals surface area contributed by atoms with Gasteiger partial charge >= 0.3 is 0 Å². The lowest BCUT2D eigenvalue weighted by atomic mass is 9.84. The number of carbonyl (C=O) groups excluding carboxylic acids is 1. The second kappa shape index (κ2) is 8.90. The number of amides is 1. The van der Waals surface area contributed by atoms with Crippen molar-refractivity contribution in [1.82, 2.24) is 14.8 Å². The topological polar surface area (TPSA) is 36.4 Å². The second-order valence-corrected chi connectivity index (χ2v) is 10.3. The fraction of sp³-hybridized carbons (Fsp3) is 0.448. The van der Waals surface area contributed by atoms with Crippen LogP contribution in [0.3, 0.4) is 0 Å².